The third-order valence-corrected chi connectivity index (χ3v) is 6.40. The highest BCUT2D eigenvalue weighted by Gasteiger charge is 2.28. The summed E-state index contributed by atoms with van der Waals surface area (Å²) in [6.45, 7) is 1.62. The third kappa shape index (κ3) is 4.13. The first-order valence-corrected chi connectivity index (χ1v) is 11.5. The number of Topliss-reactive ketones (excluding diaryl/α,β-unsaturated/α-hetero) is 1. The number of sulfonamides is 1. The number of nitrogens with one attached hydrogen (secondary N) is 1. The van der Waals surface area contributed by atoms with Crippen molar-refractivity contribution in [1.29, 1.82) is 0 Å². The molecule has 164 valence electrons. The molecule has 0 saturated heterocycles. The number of nitrogens with zero attached hydrogens (tertiary/aromatic N) is 3. The van der Waals surface area contributed by atoms with Gasteiger partial charge >= 0.3 is 0 Å². The first-order chi connectivity index (χ1) is 15.3. The van der Waals surface area contributed by atoms with Crippen molar-refractivity contribution in [2.75, 3.05) is 10.5 Å². The molecule has 0 atom stereocenters. The molecule has 0 radical (unpaired) electrons. The fourth-order valence-corrected chi connectivity index (χ4v) is 4.59. The minimum atomic E-state index is -3.95. The molecule has 1 N–H and O–H groups in total. The van der Waals surface area contributed by atoms with Gasteiger partial charge in [0, 0.05) is 35.5 Å². The minimum Gasteiger partial charge on any atom is -0.288 e. The van der Waals surface area contributed by atoms with E-state index in [1.807, 2.05) is 4.72 Å². The lowest BCUT2D eigenvalue weighted by molar-refractivity contribution is 0.105. The van der Waals surface area contributed by atoms with Crippen molar-refractivity contribution in [2.45, 2.75) is 19.8 Å². The Hall–Kier alpha value is -3.53. The molecule has 2 aromatic heterocycles. The van der Waals surface area contributed by atoms with Gasteiger partial charge in [-0.25, -0.2) is 17.2 Å². The smallest absolute Gasteiger partial charge is 0.232 e. The normalized spacial score (nSPS) is 12.9. The van der Waals surface area contributed by atoms with Gasteiger partial charge in [-0.05, 0) is 36.8 Å². The van der Waals surface area contributed by atoms with Crippen LogP contribution in [0.2, 0.25) is 0 Å². The molecule has 0 bridgehead atoms. The molecule has 1 aliphatic rings. The number of benzene rings is 1. The Kier molecular flexibility index (Phi) is 5.79. The van der Waals surface area contributed by atoms with Crippen LogP contribution in [0.1, 0.15) is 35.0 Å². The molecular formula is C22H18F2N4O3S. The van der Waals surface area contributed by atoms with E-state index in [9.17, 15) is 17.6 Å². The zero-order chi connectivity index (χ0) is 22.9. The SMILES string of the molecule is CCCS(=O)(=O)Nc1c(F)ccc(C(=O)C2=CCc3ncc(-c4cccnn4)cc32)c1F. The molecule has 0 amide bonds. The van der Waals surface area contributed by atoms with E-state index < -0.39 is 38.7 Å². The summed E-state index contributed by atoms with van der Waals surface area (Å²) >= 11 is 0. The zero-order valence-corrected chi connectivity index (χ0v) is 17.8. The molecular weight excluding hydrogens is 438 g/mol. The van der Waals surface area contributed by atoms with E-state index in [1.165, 1.54) is 6.20 Å². The van der Waals surface area contributed by atoms with Crippen molar-refractivity contribution >= 4 is 27.1 Å². The standard InChI is InChI=1S/C22H18F2N4O3S/c1-2-10-32(30,31)28-21-17(23)7-5-15(20(21)24)22(29)14-6-8-19-16(14)11-13(12-25-19)18-4-3-9-26-27-18/h3-7,9,11-12,28H,2,8,10H2,1H3. The van der Waals surface area contributed by atoms with Crippen LogP contribution in [0, 0.1) is 11.6 Å². The summed E-state index contributed by atoms with van der Waals surface area (Å²) in [5, 5.41) is 7.85. The van der Waals surface area contributed by atoms with Gasteiger partial charge in [-0.2, -0.15) is 10.2 Å². The quantitative estimate of drug-likeness (QED) is 0.543. The maximum absolute atomic E-state index is 15.1. The first kappa shape index (κ1) is 21.7. The number of hydrogen-bond donors (Lipinski definition) is 1. The van der Waals surface area contributed by atoms with E-state index in [4.69, 9.17) is 0 Å². The molecule has 10 heteroatoms. The van der Waals surface area contributed by atoms with E-state index in [-0.39, 0.29) is 17.7 Å². The highest BCUT2D eigenvalue weighted by molar-refractivity contribution is 7.92. The molecule has 7 nitrogen and oxygen atoms in total. The molecule has 2 heterocycles. The van der Waals surface area contributed by atoms with Gasteiger partial charge < -0.3 is 0 Å². The van der Waals surface area contributed by atoms with Crippen molar-refractivity contribution < 1.29 is 22.0 Å². The van der Waals surface area contributed by atoms with Gasteiger partial charge in [-0.3, -0.25) is 14.5 Å². The summed E-state index contributed by atoms with van der Waals surface area (Å²) < 4.78 is 55.2. The highest BCUT2D eigenvalue weighted by Crippen LogP contribution is 2.34. The highest BCUT2D eigenvalue weighted by atomic mass is 32.2. The van der Waals surface area contributed by atoms with Gasteiger partial charge in [0.2, 0.25) is 10.0 Å². The summed E-state index contributed by atoms with van der Waals surface area (Å²) in [5.74, 6) is -3.37. The van der Waals surface area contributed by atoms with Crippen LogP contribution in [-0.4, -0.2) is 35.1 Å². The van der Waals surface area contributed by atoms with Gasteiger partial charge in [0.1, 0.15) is 11.5 Å². The molecule has 1 aliphatic carbocycles. The summed E-state index contributed by atoms with van der Waals surface area (Å²) in [6, 6.07) is 7.04. The maximum atomic E-state index is 15.1. The number of hydrogen-bond acceptors (Lipinski definition) is 6. The predicted molar refractivity (Wildman–Crippen MR) is 115 cm³/mol. The summed E-state index contributed by atoms with van der Waals surface area (Å²) in [7, 11) is -3.95. The van der Waals surface area contributed by atoms with Crippen molar-refractivity contribution in [3.8, 4) is 11.3 Å². The van der Waals surface area contributed by atoms with Gasteiger partial charge in [0.05, 0.1) is 22.7 Å². The lowest BCUT2D eigenvalue weighted by Gasteiger charge is -2.13. The van der Waals surface area contributed by atoms with Crippen LogP contribution in [0.5, 0.6) is 0 Å². The molecule has 0 unspecified atom stereocenters. The number of halogens is 2. The molecule has 3 aromatic rings. The van der Waals surface area contributed by atoms with Crippen LogP contribution in [0.4, 0.5) is 14.5 Å². The molecule has 0 fully saturated rings. The van der Waals surface area contributed by atoms with Crippen LogP contribution in [0.3, 0.4) is 0 Å². The third-order valence-electron chi connectivity index (χ3n) is 4.94. The molecule has 32 heavy (non-hydrogen) atoms. The van der Waals surface area contributed by atoms with Crippen molar-refractivity contribution in [2.24, 2.45) is 0 Å². The maximum Gasteiger partial charge on any atom is 0.232 e. The van der Waals surface area contributed by atoms with Crippen LogP contribution < -0.4 is 4.72 Å². The van der Waals surface area contributed by atoms with E-state index in [0.29, 0.717) is 28.9 Å². The van der Waals surface area contributed by atoms with Gasteiger partial charge in [0.25, 0.3) is 0 Å². The topological polar surface area (TPSA) is 102 Å². The zero-order valence-electron chi connectivity index (χ0n) is 17.0. The molecule has 1 aromatic carbocycles. The number of pyridine rings is 1. The average Bonchev–Trinajstić information content (AvgIpc) is 3.20. The van der Waals surface area contributed by atoms with E-state index in [2.05, 4.69) is 15.2 Å². The summed E-state index contributed by atoms with van der Waals surface area (Å²) in [5.41, 5.74) is 1.22. The van der Waals surface area contributed by atoms with E-state index >= 15 is 4.39 Å². The van der Waals surface area contributed by atoms with Crippen LogP contribution >= 0.6 is 0 Å². The van der Waals surface area contributed by atoms with Crippen LogP contribution in [0.15, 0.2) is 48.8 Å². The second-order valence-corrected chi connectivity index (χ2v) is 9.02. The monoisotopic (exact) mass is 456 g/mol. The number of aromatic nitrogens is 3. The van der Waals surface area contributed by atoms with Crippen LogP contribution in [-0.2, 0) is 16.4 Å². The van der Waals surface area contributed by atoms with E-state index in [1.54, 1.807) is 37.4 Å². The number of rotatable bonds is 7. The number of ketones is 1. The molecule has 0 spiro atoms. The Morgan fingerprint density at radius 2 is 2.03 bits per heavy atom. The van der Waals surface area contributed by atoms with Gasteiger partial charge in [-0.1, -0.05) is 13.0 Å². The second-order valence-electron chi connectivity index (χ2n) is 7.18. The van der Waals surface area contributed by atoms with Gasteiger partial charge in [0.15, 0.2) is 11.6 Å². The summed E-state index contributed by atoms with van der Waals surface area (Å²) in [6.07, 6.45) is 5.40. The average molecular weight is 456 g/mol. The van der Waals surface area contributed by atoms with Crippen molar-refractivity contribution in [1.82, 2.24) is 15.2 Å². The Morgan fingerprint density at radius 3 is 2.75 bits per heavy atom. The summed E-state index contributed by atoms with van der Waals surface area (Å²) in [4.78, 5) is 17.5. The number of allylic oxidation sites excluding steroid dienone is 2. The molecule has 4 rings (SSSR count). The minimum absolute atomic E-state index is 0.200. The number of fused-ring (bicyclic) bond motifs is 1. The number of anilines is 1. The van der Waals surface area contributed by atoms with Crippen LogP contribution in [0.25, 0.3) is 16.8 Å². The fourth-order valence-electron chi connectivity index (χ4n) is 3.45. The Balaban J connectivity index is 1.71. The van der Waals surface area contributed by atoms with Gasteiger partial charge in [-0.15, -0.1) is 0 Å². The Bertz CT molecular complexity index is 1340. The van der Waals surface area contributed by atoms with E-state index in [0.717, 1.165) is 12.1 Å². The predicted octanol–water partition coefficient (Wildman–Crippen LogP) is 3.79. The molecule has 0 saturated carbocycles. The number of carbonyl (C=O) groups is 1. The fraction of sp³-hybridized carbons (Fsp3) is 0.182. The number of carbonyl (C=O) groups excluding carboxylic acids is 1. The Morgan fingerprint density at radius 1 is 1.22 bits per heavy atom. The largest absolute Gasteiger partial charge is 0.288 e. The Labute approximate surface area is 183 Å². The van der Waals surface area contributed by atoms with Crippen molar-refractivity contribution in [3.05, 3.63) is 77.3 Å². The second kappa shape index (κ2) is 8.54. The molecule has 0 aliphatic heterocycles. The lowest BCUT2D eigenvalue weighted by atomic mass is 9.97. The lowest BCUT2D eigenvalue weighted by Crippen LogP contribution is -2.19. The van der Waals surface area contributed by atoms with Crippen molar-refractivity contribution in [3.63, 3.8) is 0 Å². The first-order valence-electron chi connectivity index (χ1n) is 9.81.